The Kier molecular flexibility index (Phi) is 3.27. The fourth-order valence-corrected chi connectivity index (χ4v) is 0.962. The minimum Gasteiger partial charge on any atom is -1.00 e. The van der Waals surface area contributed by atoms with Gasteiger partial charge in [0.05, 0.1) is 0 Å². The first-order chi connectivity index (χ1) is 3.80. The Morgan fingerprint density at radius 2 is 2.33 bits per heavy atom. The van der Waals surface area contributed by atoms with Crippen molar-refractivity contribution < 1.29 is 22.3 Å². The maximum atomic E-state index is 10.1. The van der Waals surface area contributed by atoms with Gasteiger partial charge in [0.2, 0.25) is 0 Å². The smallest absolute Gasteiger partial charge is 0.345 e. The number of thiophene rings is 1. The van der Waals surface area contributed by atoms with E-state index < -0.39 is 5.97 Å². The number of carboxylic acid groups (broad SMARTS) is 1. The van der Waals surface area contributed by atoms with Gasteiger partial charge in [-0.05, 0) is 11.4 Å². The van der Waals surface area contributed by atoms with Crippen LogP contribution in [0.25, 0.3) is 0 Å². The SMILES string of the molecule is O=C(O)c1cccs1.[Cl-]. The van der Waals surface area contributed by atoms with Crippen LogP contribution in [-0.2, 0) is 0 Å². The molecular formula is C5H4ClO2S-. The zero-order chi connectivity index (χ0) is 5.98. The average Bonchev–Trinajstić information content (AvgIpc) is 2.12. The van der Waals surface area contributed by atoms with Gasteiger partial charge in [-0.2, -0.15) is 0 Å². The average molecular weight is 164 g/mol. The van der Waals surface area contributed by atoms with E-state index in [9.17, 15) is 4.79 Å². The molecule has 1 heterocycles. The Hall–Kier alpha value is -0.540. The summed E-state index contributed by atoms with van der Waals surface area (Å²) in [6.07, 6.45) is 0. The second-order valence-corrected chi connectivity index (χ2v) is 2.23. The van der Waals surface area contributed by atoms with Crippen LogP contribution in [0.3, 0.4) is 0 Å². The molecule has 0 aliphatic rings. The largest absolute Gasteiger partial charge is 1.00 e. The fraction of sp³-hybridized carbons (Fsp3) is 0. The highest BCUT2D eigenvalue weighted by Crippen LogP contribution is 2.06. The minimum absolute atomic E-state index is 0. The molecule has 0 saturated heterocycles. The summed E-state index contributed by atoms with van der Waals surface area (Å²) in [6.45, 7) is 0. The first-order valence-corrected chi connectivity index (χ1v) is 2.95. The molecule has 2 nitrogen and oxygen atoms in total. The van der Waals surface area contributed by atoms with Crippen LogP contribution < -0.4 is 12.4 Å². The van der Waals surface area contributed by atoms with Crippen molar-refractivity contribution >= 4 is 17.3 Å². The monoisotopic (exact) mass is 163 g/mol. The van der Waals surface area contributed by atoms with Gasteiger partial charge < -0.3 is 17.5 Å². The van der Waals surface area contributed by atoms with Crippen molar-refractivity contribution in [3.05, 3.63) is 22.4 Å². The van der Waals surface area contributed by atoms with Crippen molar-refractivity contribution in [2.75, 3.05) is 0 Å². The Balaban J connectivity index is 0.000000640. The lowest BCUT2D eigenvalue weighted by atomic mass is 10.5. The van der Waals surface area contributed by atoms with Gasteiger partial charge in [0, 0.05) is 0 Å². The van der Waals surface area contributed by atoms with Gasteiger partial charge in [-0.25, -0.2) is 4.79 Å². The molecule has 0 atom stereocenters. The molecule has 9 heavy (non-hydrogen) atoms. The Morgan fingerprint density at radius 3 is 2.56 bits per heavy atom. The van der Waals surface area contributed by atoms with Crippen molar-refractivity contribution in [2.45, 2.75) is 0 Å². The Morgan fingerprint density at radius 1 is 1.67 bits per heavy atom. The second kappa shape index (κ2) is 3.48. The lowest BCUT2D eigenvalue weighted by Gasteiger charge is -1.78. The molecule has 0 aromatic carbocycles. The van der Waals surface area contributed by atoms with E-state index in [0.717, 1.165) is 0 Å². The number of rotatable bonds is 1. The maximum Gasteiger partial charge on any atom is 0.345 e. The van der Waals surface area contributed by atoms with Crippen LogP contribution >= 0.6 is 11.3 Å². The van der Waals surface area contributed by atoms with E-state index in [2.05, 4.69) is 0 Å². The zero-order valence-electron chi connectivity index (χ0n) is 4.37. The summed E-state index contributed by atoms with van der Waals surface area (Å²) in [5, 5.41) is 10.0. The van der Waals surface area contributed by atoms with Crippen LogP contribution in [0, 0.1) is 0 Å². The van der Waals surface area contributed by atoms with E-state index in [0.29, 0.717) is 4.88 Å². The zero-order valence-corrected chi connectivity index (χ0v) is 5.95. The first-order valence-electron chi connectivity index (χ1n) is 2.07. The number of aromatic carboxylic acids is 1. The molecule has 1 aromatic rings. The first kappa shape index (κ1) is 8.46. The van der Waals surface area contributed by atoms with Crippen molar-refractivity contribution in [1.29, 1.82) is 0 Å². The van der Waals surface area contributed by atoms with Crippen LogP contribution in [0.2, 0.25) is 0 Å². The second-order valence-electron chi connectivity index (χ2n) is 1.28. The van der Waals surface area contributed by atoms with Crippen LogP contribution in [-0.4, -0.2) is 11.1 Å². The van der Waals surface area contributed by atoms with Crippen LogP contribution in [0.4, 0.5) is 0 Å². The van der Waals surface area contributed by atoms with Gasteiger partial charge in [0.15, 0.2) is 0 Å². The highest BCUT2D eigenvalue weighted by molar-refractivity contribution is 7.11. The quantitative estimate of drug-likeness (QED) is 0.545. The van der Waals surface area contributed by atoms with Gasteiger partial charge >= 0.3 is 5.97 Å². The summed E-state index contributed by atoms with van der Waals surface area (Å²) in [6, 6.07) is 3.29. The van der Waals surface area contributed by atoms with Gasteiger partial charge in [-0.1, -0.05) is 6.07 Å². The topological polar surface area (TPSA) is 37.3 Å². The van der Waals surface area contributed by atoms with Gasteiger partial charge in [-0.3, -0.25) is 0 Å². The third-order valence-electron chi connectivity index (χ3n) is 0.732. The van der Waals surface area contributed by atoms with Crippen LogP contribution in [0.1, 0.15) is 9.67 Å². The van der Waals surface area contributed by atoms with Crippen molar-refractivity contribution in [3.8, 4) is 0 Å². The fourth-order valence-electron chi connectivity index (χ4n) is 0.400. The highest BCUT2D eigenvalue weighted by atomic mass is 35.5. The molecule has 0 saturated carbocycles. The third kappa shape index (κ3) is 2.03. The molecule has 4 heteroatoms. The number of carbonyl (C=O) groups is 1. The molecule has 0 aliphatic carbocycles. The number of hydrogen-bond donors (Lipinski definition) is 1. The van der Waals surface area contributed by atoms with E-state index >= 15 is 0 Å². The van der Waals surface area contributed by atoms with Crippen molar-refractivity contribution in [3.63, 3.8) is 0 Å². The molecule has 0 unspecified atom stereocenters. The van der Waals surface area contributed by atoms with E-state index in [4.69, 9.17) is 5.11 Å². The number of carboxylic acids is 1. The summed E-state index contributed by atoms with van der Waals surface area (Å²) in [7, 11) is 0. The van der Waals surface area contributed by atoms with E-state index in [-0.39, 0.29) is 12.4 Å². The molecule has 0 amide bonds. The number of hydrogen-bond acceptors (Lipinski definition) is 2. The van der Waals surface area contributed by atoms with Gasteiger partial charge in [0.1, 0.15) is 4.88 Å². The van der Waals surface area contributed by atoms with Crippen molar-refractivity contribution in [1.82, 2.24) is 0 Å². The minimum atomic E-state index is -0.847. The molecular weight excluding hydrogens is 160 g/mol. The molecule has 0 bridgehead atoms. The lowest BCUT2D eigenvalue weighted by Crippen LogP contribution is -3.00. The van der Waals surface area contributed by atoms with Crippen molar-refractivity contribution in [2.24, 2.45) is 0 Å². The molecule has 0 aliphatic heterocycles. The third-order valence-corrected chi connectivity index (χ3v) is 1.59. The molecule has 0 fully saturated rings. The Bertz CT molecular complexity index is 183. The predicted octanol–water partition coefficient (Wildman–Crippen LogP) is -1.55. The van der Waals surface area contributed by atoms with Crippen LogP contribution in [0.15, 0.2) is 17.5 Å². The molecule has 0 spiro atoms. The summed E-state index contributed by atoms with van der Waals surface area (Å²) < 4.78 is 0. The van der Waals surface area contributed by atoms with E-state index in [1.165, 1.54) is 11.3 Å². The summed E-state index contributed by atoms with van der Waals surface area (Å²) >= 11 is 1.23. The normalized spacial score (nSPS) is 8.00. The molecule has 1 N–H and O–H groups in total. The van der Waals surface area contributed by atoms with E-state index in [1.807, 2.05) is 0 Å². The van der Waals surface area contributed by atoms with Gasteiger partial charge in [-0.15, -0.1) is 11.3 Å². The highest BCUT2D eigenvalue weighted by Gasteiger charge is 1.99. The predicted molar refractivity (Wildman–Crippen MR) is 31.3 cm³/mol. The Labute approximate surface area is 62.5 Å². The molecule has 1 aromatic heterocycles. The molecule has 50 valence electrons. The maximum absolute atomic E-state index is 10.1. The summed E-state index contributed by atoms with van der Waals surface area (Å²) in [4.78, 5) is 10.5. The lowest BCUT2D eigenvalue weighted by molar-refractivity contribution is -0.0000172. The van der Waals surface area contributed by atoms with E-state index in [1.54, 1.807) is 17.5 Å². The molecule has 0 radical (unpaired) electrons. The standard InChI is InChI=1S/C5H4O2S.ClH/c6-5(7)4-2-1-3-8-4;/h1-3H,(H,6,7);1H/p-1. The van der Waals surface area contributed by atoms with Gasteiger partial charge in [0.25, 0.3) is 0 Å². The molecule has 1 rings (SSSR count). The summed E-state index contributed by atoms with van der Waals surface area (Å²) in [5.74, 6) is -0.847. The summed E-state index contributed by atoms with van der Waals surface area (Å²) in [5.41, 5.74) is 0. The number of halogens is 1. The van der Waals surface area contributed by atoms with Crippen LogP contribution in [0.5, 0.6) is 0 Å².